The van der Waals surface area contributed by atoms with E-state index in [1.54, 1.807) is 20.8 Å². The van der Waals surface area contributed by atoms with Crippen LogP contribution in [0.25, 0.3) is 0 Å². The maximum atomic E-state index is 13.2. The van der Waals surface area contributed by atoms with Crippen molar-refractivity contribution >= 4 is 5.91 Å². The lowest BCUT2D eigenvalue weighted by atomic mass is 10.1. The van der Waals surface area contributed by atoms with Gasteiger partial charge < -0.3 is 9.84 Å². The van der Waals surface area contributed by atoms with Crippen LogP contribution in [0, 0.1) is 25.5 Å². The number of carbonyl (C=O) groups excluding carboxylic acids is 1. The third-order valence-electron chi connectivity index (χ3n) is 3.34. The highest BCUT2D eigenvalue weighted by molar-refractivity contribution is 5.79. The monoisotopic (exact) mass is 294 g/mol. The second-order valence-electron chi connectivity index (χ2n) is 4.94. The Labute approximate surface area is 121 Å². The Morgan fingerprint density at radius 3 is 2.62 bits per heavy atom. The molecule has 2 aromatic rings. The van der Waals surface area contributed by atoms with Crippen molar-refractivity contribution in [2.24, 2.45) is 0 Å². The molecule has 0 saturated heterocycles. The van der Waals surface area contributed by atoms with Gasteiger partial charge in [-0.25, -0.2) is 8.78 Å². The first-order valence-corrected chi connectivity index (χ1v) is 6.54. The van der Waals surface area contributed by atoms with Gasteiger partial charge in [-0.15, -0.1) is 0 Å². The molecule has 1 amide bonds. The third-order valence-corrected chi connectivity index (χ3v) is 3.34. The fraction of sp³-hybridized carbons (Fsp3) is 0.333. The van der Waals surface area contributed by atoms with Crippen LogP contribution in [0.15, 0.2) is 22.7 Å². The highest BCUT2D eigenvalue weighted by atomic mass is 19.2. The first-order chi connectivity index (χ1) is 9.88. The number of hydrogen-bond acceptors (Lipinski definition) is 3. The summed E-state index contributed by atoms with van der Waals surface area (Å²) in [5.74, 6) is -1.47. The molecule has 0 aliphatic heterocycles. The summed E-state index contributed by atoms with van der Waals surface area (Å²) in [4.78, 5) is 12.0. The summed E-state index contributed by atoms with van der Waals surface area (Å²) in [6, 6.07) is 3.14. The van der Waals surface area contributed by atoms with Crippen LogP contribution in [-0.4, -0.2) is 11.1 Å². The van der Waals surface area contributed by atoms with Crippen molar-refractivity contribution in [1.82, 2.24) is 10.5 Å². The molecule has 112 valence electrons. The molecule has 1 N–H and O–H groups in total. The SMILES string of the molecule is Cc1noc(C)c1CC(=O)N[C@H](C)c1ccc(F)c(F)c1. The van der Waals surface area contributed by atoms with E-state index in [1.165, 1.54) is 6.07 Å². The minimum Gasteiger partial charge on any atom is -0.361 e. The van der Waals surface area contributed by atoms with Gasteiger partial charge in [0.2, 0.25) is 5.91 Å². The van der Waals surface area contributed by atoms with Crippen LogP contribution < -0.4 is 5.32 Å². The van der Waals surface area contributed by atoms with Crippen molar-refractivity contribution in [3.8, 4) is 0 Å². The lowest BCUT2D eigenvalue weighted by Gasteiger charge is -2.14. The molecule has 0 unspecified atom stereocenters. The molecule has 0 aliphatic carbocycles. The van der Waals surface area contributed by atoms with E-state index in [0.29, 0.717) is 17.0 Å². The maximum Gasteiger partial charge on any atom is 0.225 e. The summed E-state index contributed by atoms with van der Waals surface area (Å²) < 4.78 is 31.1. The molecular weight excluding hydrogens is 278 g/mol. The van der Waals surface area contributed by atoms with Crippen LogP contribution >= 0.6 is 0 Å². The van der Waals surface area contributed by atoms with Crippen molar-refractivity contribution in [1.29, 1.82) is 0 Å². The van der Waals surface area contributed by atoms with Crippen LogP contribution in [0.3, 0.4) is 0 Å². The molecule has 0 bridgehead atoms. The molecule has 21 heavy (non-hydrogen) atoms. The van der Waals surface area contributed by atoms with Gasteiger partial charge in [-0.05, 0) is 38.5 Å². The standard InChI is InChI=1S/C15H16F2N2O2/c1-8(11-4-5-13(16)14(17)6-11)18-15(20)7-12-9(2)19-21-10(12)3/h4-6,8H,7H2,1-3H3,(H,18,20)/t8-/m1/s1. The van der Waals surface area contributed by atoms with Gasteiger partial charge in [0.25, 0.3) is 0 Å². The zero-order valence-electron chi connectivity index (χ0n) is 12.0. The molecule has 2 rings (SSSR count). The molecule has 0 radical (unpaired) electrons. The summed E-state index contributed by atoms with van der Waals surface area (Å²) in [7, 11) is 0. The van der Waals surface area contributed by atoms with Gasteiger partial charge in [0.15, 0.2) is 11.6 Å². The predicted octanol–water partition coefficient (Wildman–Crippen LogP) is 2.99. The van der Waals surface area contributed by atoms with E-state index in [9.17, 15) is 13.6 Å². The third kappa shape index (κ3) is 3.45. The first kappa shape index (κ1) is 15.2. The highest BCUT2D eigenvalue weighted by Crippen LogP contribution is 2.17. The Bertz CT molecular complexity index is 648. The molecule has 0 fully saturated rings. The Balaban J connectivity index is 2.03. The van der Waals surface area contributed by atoms with Crippen LogP contribution in [0.2, 0.25) is 0 Å². The summed E-state index contributed by atoms with van der Waals surface area (Å²) in [6.45, 7) is 5.21. The normalized spacial score (nSPS) is 12.2. The van der Waals surface area contributed by atoms with Crippen LogP contribution in [0.5, 0.6) is 0 Å². The smallest absolute Gasteiger partial charge is 0.225 e. The second-order valence-corrected chi connectivity index (χ2v) is 4.94. The lowest BCUT2D eigenvalue weighted by Crippen LogP contribution is -2.28. The zero-order chi connectivity index (χ0) is 15.6. The van der Waals surface area contributed by atoms with Gasteiger partial charge in [0.1, 0.15) is 5.76 Å². The van der Waals surface area contributed by atoms with Crippen LogP contribution in [0.4, 0.5) is 8.78 Å². The molecular formula is C15H16F2N2O2. The molecule has 1 aromatic heterocycles. The fourth-order valence-electron chi connectivity index (χ4n) is 2.07. The van der Waals surface area contributed by atoms with E-state index in [-0.39, 0.29) is 12.3 Å². The van der Waals surface area contributed by atoms with E-state index < -0.39 is 17.7 Å². The Hall–Kier alpha value is -2.24. The number of aryl methyl sites for hydroxylation is 2. The lowest BCUT2D eigenvalue weighted by molar-refractivity contribution is -0.121. The van der Waals surface area contributed by atoms with E-state index in [0.717, 1.165) is 17.7 Å². The number of nitrogens with zero attached hydrogens (tertiary/aromatic N) is 1. The number of aromatic nitrogens is 1. The Morgan fingerprint density at radius 1 is 1.33 bits per heavy atom. The number of nitrogens with one attached hydrogen (secondary N) is 1. The summed E-state index contributed by atoms with van der Waals surface area (Å²) in [6.07, 6.45) is 0.134. The minimum atomic E-state index is -0.931. The van der Waals surface area contributed by atoms with Crippen molar-refractivity contribution in [3.63, 3.8) is 0 Å². The fourth-order valence-corrected chi connectivity index (χ4v) is 2.07. The molecule has 4 nitrogen and oxygen atoms in total. The number of rotatable bonds is 4. The van der Waals surface area contributed by atoms with Gasteiger partial charge in [0, 0.05) is 5.56 Å². The Morgan fingerprint density at radius 2 is 2.05 bits per heavy atom. The number of carbonyl (C=O) groups is 1. The summed E-state index contributed by atoms with van der Waals surface area (Å²) in [5, 5.41) is 6.52. The van der Waals surface area contributed by atoms with Crippen molar-refractivity contribution in [2.45, 2.75) is 33.2 Å². The second kappa shape index (κ2) is 6.03. The molecule has 6 heteroatoms. The van der Waals surface area contributed by atoms with Crippen LogP contribution in [0.1, 0.15) is 35.5 Å². The zero-order valence-corrected chi connectivity index (χ0v) is 12.0. The van der Waals surface area contributed by atoms with Crippen molar-refractivity contribution in [3.05, 3.63) is 52.4 Å². The molecule has 0 aliphatic rings. The molecule has 1 aromatic carbocycles. The largest absolute Gasteiger partial charge is 0.361 e. The van der Waals surface area contributed by atoms with Gasteiger partial charge in [-0.3, -0.25) is 4.79 Å². The predicted molar refractivity (Wildman–Crippen MR) is 72.6 cm³/mol. The average molecular weight is 294 g/mol. The topological polar surface area (TPSA) is 55.1 Å². The quantitative estimate of drug-likeness (QED) is 0.943. The summed E-state index contributed by atoms with van der Waals surface area (Å²) >= 11 is 0. The maximum absolute atomic E-state index is 13.2. The molecule has 0 spiro atoms. The van der Waals surface area contributed by atoms with E-state index in [2.05, 4.69) is 10.5 Å². The van der Waals surface area contributed by atoms with Gasteiger partial charge in [-0.1, -0.05) is 11.2 Å². The van der Waals surface area contributed by atoms with E-state index >= 15 is 0 Å². The van der Waals surface area contributed by atoms with E-state index in [1.807, 2.05) is 0 Å². The molecule has 1 atom stereocenters. The number of hydrogen-bond donors (Lipinski definition) is 1. The van der Waals surface area contributed by atoms with Gasteiger partial charge >= 0.3 is 0 Å². The van der Waals surface area contributed by atoms with Gasteiger partial charge in [0.05, 0.1) is 18.2 Å². The number of benzene rings is 1. The molecule has 1 heterocycles. The van der Waals surface area contributed by atoms with Crippen molar-refractivity contribution in [2.75, 3.05) is 0 Å². The average Bonchev–Trinajstić information content (AvgIpc) is 2.73. The number of halogens is 2. The highest BCUT2D eigenvalue weighted by Gasteiger charge is 2.16. The molecule has 0 saturated carbocycles. The number of amides is 1. The van der Waals surface area contributed by atoms with E-state index in [4.69, 9.17) is 4.52 Å². The van der Waals surface area contributed by atoms with Crippen LogP contribution in [-0.2, 0) is 11.2 Å². The first-order valence-electron chi connectivity index (χ1n) is 6.54. The van der Waals surface area contributed by atoms with Crippen molar-refractivity contribution < 1.29 is 18.1 Å². The summed E-state index contributed by atoms with van der Waals surface area (Å²) in [5.41, 5.74) is 1.91. The minimum absolute atomic E-state index is 0.134. The Kier molecular flexibility index (Phi) is 4.35. The van der Waals surface area contributed by atoms with Gasteiger partial charge in [-0.2, -0.15) is 0 Å².